The first kappa shape index (κ1) is 20.6. The number of rotatable bonds is 6. The minimum absolute atomic E-state index is 0.439. The van der Waals surface area contributed by atoms with Crippen molar-refractivity contribution < 1.29 is 9.53 Å². The van der Waals surface area contributed by atoms with Crippen LogP contribution in [0.4, 0.5) is 11.5 Å². The van der Waals surface area contributed by atoms with Gasteiger partial charge in [0, 0.05) is 23.3 Å². The summed E-state index contributed by atoms with van der Waals surface area (Å²) in [6.45, 7) is 0. The number of nitrogens with zero attached hydrogens (tertiary/aromatic N) is 3. The lowest BCUT2D eigenvalue weighted by molar-refractivity contribution is 0.100. The number of anilines is 2. The molecule has 0 unspecified atom stereocenters. The van der Waals surface area contributed by atoms with Crippen molar-refractivity contribution in [2.24, 2.45) is 5.73 Å². The molecule has 7 nitrogen and oxygen atoms in total. The van der Waals surface area contributed by atoms with Crippen molar-refractivity contribution in [1.82, 2.24) is 15.0 Å². The number of pyridine rings is 1. The highest BCUT2D eigenvalue weighted by atomic mass is 32.1. The predicted octanol–water partition coefficient (Wildman–Crippen LogP) is 5.27. The van der Waals surface area contributed by atoms with Crippen LogP contribution in [0.15, 0.2) is 78.4 Å². The van der Waals surface area contributed by atoms with E-state index in [1.807, 2.05) is 66.0 Å². The van der Waals surface area contributed by atoms with Crippen LogP contribution in [0.5, 0.6) is 5.75 Å². The second-order valence-corrected chi connectivity index (χ2v) is 8.17. The number of carbonyl (C=O) groups excluding carboxylic acids is 1. The van der Waals surface area contributed by atoms with Gasteiger partial charge in [-0.05, 0) is 59.0 Å². The van der Waals surface area contributed by atoms with Crippen LogP contribution in [0.2, 0.25) is 0 Å². The summed E-state index contributed by atoms with van der Waals surface area (Å²) in [5.74, 6) is 1.39. The highest BCUT2D eigenvalue weighted by Crippen LogP contribution is 2.33. The van der Waals surface area contributed by atoms with Gasteiger partial charge in [-0.3, -0.25) is 9.78 Å². The monoisotopic (exact) mass is 453 g/mol. The Balaban J connectivity index is 1.69. The fourth-order valence-electron chi connectivity index (χ4n) is 3.56. The third-order valence-electron chi connectivity index (χ3n) is 5.16. The van der Waals surface area contributed by atoms with Crippen molar-refractivity contribution in [3.63, 3.8) is 0 Å². The van der Waals surface area contributed by atoms with Crippen LogP contribution >= 0.6 is 11.3 Å². The minimum atomic E-state index is -0.490. The summed E-state index contributed by atoms with van der Waals surface area (Å²) < 4.78 is 5.37. The van der Waals surface area contributed by atoms with E-state index in [0.29, 0.717) is 22.2 Å². The molecule has 0 aliphatic heterocycles. The number of benzene rings is 2. The number of nitrogens with two attached hydrogens (primary N) is 1. The summed E-state index contributed by atoms with van der Waals surface area (Å²) in [5, 5.41) is 5.93. The van der Waals surface area contributed by atoms with Gasteiger partial charge in [-0.15, -0.1) is 11.3 Å². The Kier molecular flexibility index (Phi) is 5.42. The molecule has 1 amide bonds. The molecule has 5 aromatic rings. The first-order chi connectivity index (χ1) is 16.1. The molecule has 3 aromatic heterocycles. The Bertz CT molecular complexity index is 1470. The molecular weight excluding hydrogens is 434 g/mol. The Morgan fingerprint density at radius 3 is 2.64 bits per heavy atom. The molecule has 0 saturated carbocycles. The summed E-state index contributed by atoms with van der Waals surface area (Å²) in [6, 6.07) is 19.4. The van der Waals surface area contributed by atoms with Gasteiger partial charge >= 0.3 is 0 Å². The molecule has 0 saturated heterocycles. The molecule has 3 N–H and O–H groups in total. The Hall–Kier alpha value is -4.30. The van der Waals surface area contributed by atoms with Gasteiger partial charge in [0.1, 0.15) is 16.4 Å². The van der Waals surface area contributed by atoms with Gasteiger partial charge in [0.15, 0.2) is 5.82 Å². The maximum atomic E-state index is 11.9. The molecule has 0 fully saturated rings. The van der Waals surface area contributed by atoms with Crippen LogP contribution in [0.25, 0.3) is 33.4 Å². The molecule has 0 radical (unpaired) electrons. The number of ether oxygens (including phenoxy) is 1. The number of carbonyl (C=O) groups is 1. The number of amides is 1. The largest absolute Gasteiger partial charge is 0.497 e. The standard InChI is InChI=1S/C25H19N5O2S/c1-32-18-6-2-4-15(12-18)16-7-8-20-19(13-16)25(29-21-9-11-33-22(21)23(26)31)30-24(28-20)17-5-3-10-27-14-17/h2-14H,1H3,(H2,26,31)(H,28,29,30). The normalized spacial score (nSPS) is 10.8. The van der Waals surface area contributed by atoms with Gasteiger partial charge in [-0.1, -0.05) is 18.2 Å². The van der Waals surface area contributed by atoms with Crippen LogP contribution in [-0.2, 0) is 0 Å². The zero-order valence-corrected chi connectivity index (χ0v) is 18.5. The molecule has 0 spiro atoms. The maximum absolute atomic E-state index is 11.9. The number of hydrogen-bond donors (Lipinski definition) is 2. The average molecular weight is 454 g/mol. The van der Waals surface area contributed by atoms with E-state index in [-0.39, 0.29) is 0 Å². The Morgan fingerprint density at radius 1 is 1.00 bits per heavy atom. The summed E-state index contributed by atoms with van der Waals surface area (Å²) in [6.07, 6.45) is 3.42. The lowest BCUT2D eigenvalue weighted by atomic mass is 10.0. The molecule has 162 valence electrons. The van der Waals surface area contributed by atoms with Gasteiger partial charge in [-0.2, -0.15) is 0 Å². The van der Waals surface area contributed by atoms with E-state index in [1.54, 1.807) is 19.5 Å². The third kappa shape index (κ3) is 4.11. The Morgan fingerprint density at radius 2 is 1.85 bits per heavy atom. The van der Waals surface area contributed by atoms with Crippen molar-refractivity contribution in [3.05, 3.63) is 83.3 Å². The number of methoxy groups -OCH3 is 1. The maximum Gasteiger partial charge on any atom is 0.260 e. The molecule has 33 heavy (non-hydrogen) atoms. The van der Waals surface area contributed by atoms with Crippen molar-refractivity contribution >= 4 is 39.7 Å². The van der Waals surface area contributed by atoms with Gasteiger partial charge in [0.05, 0.1) is 18.3 Å². The first-order valence-corrected chi connectivity index (χ1v) is 11.0. The number of hydrogen-bond acceptors (Lipinski definition) is 7. The Labute approximate surface area is 193 Å². The summed E-state index contributed by atoms with van der Waals surface area (Å²) in [7, 11) is 1.65. The third-order valence-corrected chi connectivity index (χ3v) is 6.09. The molecular formula is C25H19N5O2S. The highest BCUT2D eigenvalue weighted by Gasteiger charge is 2.15. The minimum Gasteiger partial charge on any atom is -0.497 e. The van der Waals surface area contributed by atoms with E-state index >= 15 is 0 Å². The van der Waals surface area contributed by atoms with E-state index in [1.165, 1.54) is 11.3 Å². The van der Waals surface area contributed by atoms with E-state index in [9.17, 15) is 4.79 Å². The average Bonchev–Trinajstić information content (AvgIpc) is 3.33. The number of fused-ring (bicyclic) bond motifs is 1. The van der Waals surface area contributed by atoms with Gasteiger partial charge in [0.2, 0.25) is 0 Å². The fourth-order valence-corrected chi connectivity index (χ4v) is 4.26. The van der Waals surface area contributed by atoms with E-state index in [2.05, 4.69) is 10.3 Å². The van der Waals surface area contributed by atoms with Crippen LogP contribution in [0.1, 0.15) is 9.67 Å². The quantitative estimate of drug-likeness (QED) is 0.363. The number of thiophene rings is 1. The molecule has 0 aliphatic carbocycles. The van der Waals surface area contributed by atoms with E-state index < -0.39 is 5.91 Å². The lowest BCUT2D eigenvalue weighted by Gasteiger charge is -2.13. The number of aromatic nitrogens is 3. The molecule has 0 bridgehead atoms. The lowest BCUT2D eigenvalue weighted by Crippen LogP contribution is -2.11. The van der Waals surface area contributed by atoms with E-state index in [4.69, 9.17) is 20.4 Å². The highest BCUT2D eigenvalue weighted by molar-refractivity contribution is 7.12. The molecule has 0 aliphatic rings. The van der Waals surface area contributed by atoms with Gasteiger partial charge < -0.3 is 15.8 Å². The predicted molar refractivity (Wildman–Crippen MR) is 131 cm³/mol. The first-order valence-electron chi connectivity index (χ1n) is 10.1. The smallest absolute Gasteiger partial charge is 0.260 e. The van der Waals surface area contributed by atoms with Crippen LogP contribution < -0.4 is 15.8 Å². The number of nitrogens with one attached hydrogen (secondary N) is 1. The SMILES string of the molecule is COc1cccc(-c2ccc3nc(-c4cccnc4)nc(Nc4ccsc4C(N)=O)c3c2)c1. The van der Waals surface area contributed by atoms with Crippen LogP contribution in [-0.4, -0.2) is 28.0 Å². The molecule has 5 rings (SSSR count). The van der Waals surface area contributed by atoms with Crippen molar-refractivity contribution in [2.75, 3.05) is 12.4 Å². The summed E-state index contributed by atoms with van der Waals surface area (Å²) in [4.78, 5) is 26.0. The van der Waals surface area contributed by atoms with Gasteiger partial charge in [-0.25, -0.2) is 9.97 Å². The van der Waals surface area contributed by atoms with Crippen LogP contribution in [0.3, 0.4) is 0 Å². The second-order valence-electron chi connectivity index (χ2n) is 7.25. The fraction of sp³-hybridized carbons (Fsp3) is 0.0400. The van der Waals surface area contributed by atoms with Crippen molar-refractivity contribution in [1.29, 1.82) is 0 Å². The van der Waals surface area contributed by atoms with E-state index in [0.717, 1.165) is 33.3 Å². The second kappa shape index (κ2) is 8.68. The molecule has 8 heteroatoms. The zero-order chi connectivity index (χ0) is 22.8. The molecule has 2 aromatic carbocycles. The molecule has 0 atom stereocenters. The zero-order valence-electron chi connectivity index (χ0n) is 17.6. The van der Waals surface area contributed by atoms with Gasteiger partial charge in [0.25, 0.3) is 5.91 Å². The van der Waals surface area contributed by atoms with Crippen molar-refractivity contribution in [2.45, 2.75) is 0 Å². The van der Waals surface area contributed by atoms with Crippen molar-refractivity contribution in [3.8, 4) is 28.3 Å². The van der Waals surface area contributed by atoms with Crippen LogP contribution in [0, 0.1) is 0 Å². The topological polar surface area (TPSA) is 103 Å². The molecule has 3 heterocycles. The number of primary amides is 1. The summed E-state index contributed by atoms with van der Waals surface area (Å²) >= 11 is 1.28. The summed E-state index contributed by atoms with van der Waals surface area (Å²) in [5.41, 5.74) is 9.70.